The van der Waals surface area contributed by atoms with Crippen molar-refractivity contribution in [1.82, 2.24) is 14.9 Å². The van der Waals surface area contributed by atoms with E-state index in [1.807, 2.05) is 25.1 Å². The molecule has 1 amide bonds. The highest BCUT2D eigenvalue weighted by Crippen LogP contribution is 2.30. The molecule has 0 aliphatic carbocycles. The molecule has 3 heterocycles. The van der Waals surface area contributed by atoms with Crippen molar-refractivity contribution in [2.45, 2.75) is 26.4 Å². The van der Waals surface area contributed by atoms with Crippen molar-refractivity contribution in [2.75, 3.05) is 31.6 Å². The fourth-order valence-electron chi connectivity index (χ4n) is 3.34. The summed E-state index contributed by atoms with van der Waals surface area (Å²) in [6.07, 6.45) is 1.36. The van der Waals surface area contributed by atoms with Gasteiger partial charge in [0.2, 0.25) is 0 Å². The number of nitrogens with one attached hydrogen (secondary N) is 1. The number of hydrogen-bond acceptors (Lipinski definition) is 6. The zero-order valence-electron chi connectivity index (χ0n) is 14.8. The molecule has 0 spiro atoms. The van der Waals surface area contributed by atoms with Crippen LogP contribution in [0.1, 0.15) is 29.1 Å². The van der Waals surface area contributed by atoms with E-state index in [-0.39, 0.29) is 6.09 Å². The summed E-state index contributed by atoms with van der Waals surface area (Å²) in [7, 11) is 0. The molecule has 1 N–H and O–H groups in total. The quantitative estimate of drug-likeness (QED) is 0.909. The van der Waals surface area contributed by atoms with Crippen LogP contribution in [-0.4, -0.2) is 47.2 Å². The smallest absolute Gasteiger partial charge is 0.409 e. The molecule has 26 heavy (non-hydrogen) atoms. The van der Waals surface area contributed by atoms with Gasteiger partial charge in [0.1, 0.15) is 24.0 Å². The summed E-state index contributed by atoms with van der Waals surface area (Å²) in [4.78, 5) is 22.6. The number of cyclic esters (lactones) is 1. The van der Waals surface area contributed by atoms with Gasteiger partial charge in [0.15, 0.2) is 0 Å². The van der Waals surface area contributed by atoms with Crippen molar-refractivity contribution in [3.05, 3.63) is 46.9 Å². The number of para-hydroxylation sites is 1. The van der Waals surface area contributed by atoms with Crippen LogP contribution in [0.5, 0.6) is 5.75 Å². The summed E-state index contributed by atoms with van der Waals surface area (Å²) in [6, 6.07) is 8.04. The number of aromatic nitrogens is 2. The summed E-state index contributed by atoms with van der Waals surface area (Å²) in [5.41, 5.74) is 3.09. The normalized spacial score (nSPS) is 16.0. The number of benzene rings is 1. The standard InChI is InChI=1S/C19H22N4O3/c1-13-21-16-12-26-17-6-3-2-5-14(17)11-15(16)18(22-13)20-7-9-23-8-4-10-25-19(23)24/h2-3,5-6H,4,7-12H2,1H3,(H,20,21,22). The van der Waals surface area contributed by atoms with E-state index >= 15 is 0 Å². The summed E-state index contributed by atoms with van der Waals surface area (Å²) in [5, 5.41) is 3.38. The third-order valence-electron chi connectivity index (χ3n) is 4.64. The third kappa shape index (κ3) is 3.42. The Labute approximate surface area is 152 Å². The Hall–Kier alpha value is -2.83. The maximum absolute atomic E-state index is 11.7. The van der Waals surface area contributed by atoms with Gasteiger partial charge in [-0.2, -0.15) is 0 Å². The molecule has 0 unspecified atom stereocenters. The average molecular weight is 354 g/mol. The fourth-order valence-corrected chi connectivity index (χ4v) is 3.34. The number of carbonyl (C=O) groups excluding carboxylic acids is 1. The number of amides is 1. The van der Waals surface area contributed by atoms with E-state index in [0.29, 0.717) is 32.1 Å². The van der Waals surface area contributed by atoms with E-state index in [9.17, 15) is 4.79 Å². The summed E-state index contributed by atoms with van der Waals surface area (Å²) in [6.45, 7) is 4.77. The summed E-state index contributed by atoms with van der Waals surface area (Å²) in [5.74, 6) is 2.42. The largest absolute Gasteiger partial charge is 0.487 e. The zero-order chi connectivity index (χ0) is 17.9. The number of fused-ring (bicyclic) bond motifs is 2. The molecule has 2 aliphatic rings. The van der Waals surface area contributed by atoms with Crippen LogP contribution < -0.4 is 10.1 Å². The van der Waals surface area contributed by atoms with E-state index in [1.54, 1.807) is 4.90 Å². The minimum Gasteiger partial charge on any atom is -0.487 e. The van der Waals surface area contributed by atoms with Crippen molar-refractivity contribution < 1.29 is 14.3 Å². The Morgan fingerprint density at radius 1 is 1.23 bits per heavy atom. The maximum Gasteiger partial charge on any atom is 0.409 e. The van der Waals surface area contributed by atoms with Gasteiger partial charge in [0.05, 0.1) is 12.3 Å². The van der Waals surface area contributed by atoms with Gasteiger partial charge in [0.25, 0.3) is 0 Å². The summed E-state index contributed by atoms with van der Waals surface area (Å²) < 4.78 is 11.0. The molecule has 4 rings (SSSR count). The molecule has 2 aromatic rings. The minimum absolute atomic E-state index is 0.238. The molecular formula is C19H22N4O3. The van der Waals surface area contributed by atoms with Gasteiger partial charge in [0, 0.05) is 31.6 Å². The Morgan fingerprint density at radius 3 is 3.00 bits per heavy atom. The lowest BCUT2D eigenvalue weighted by Crippen LogP contribution is -2.40. The lowest BCUT2D eigenvalue weighted by molar-refractivity contribution is 0.0746. The Kier molecular flexibility index (Phi) is 4.60. The fraction of sp³-hybridized carbons (Fsp3) is 0.421. The first kappa shape index (κ1) is 16.6. The van der Waals surface area contributed by atoms with Gasteiger partial charge in [-0.05, 0) is 25.0 Å². The number of nitrogens with zero attached hydrogens (tertiary/aromatic N) is 3. The lowest BCUT2D eigenvalue weighted by Gasteiger charge is -2.26. The predicted octanol–water partition coefficient (Wildman–Crippen LogP) is 2.52. The third-order valence-corrected chi connectivity index (χ3v) is 4.64. The van der Waals surface area contributed by atoms with Gasteiger partial charge in [-0.25, -0.2) is 14.8 Å². The zero-order valence-corrected chi connectivity index (χ0v) is 14.8. The van der Waals surface area contributed by atoms with Crippen molar-refractivity contribution in [3.63, 3.8) is 0 Å². The number of anilines is 1. The first-order valence-corrected chi connectivity index (χ1v) is 8.93. The van der Waals surface area contributed by atoms with Gasteiger partial charge >= 0.3 is 6.09 Å². The second kappa shape index (κ2) is 7.19. The first-order chi connectivity index (χ1) is 12.7. The number of aryl methyl sites for hydroxylation is 1. The summed E-state index contributed by atoms with van der Waals surface area (Å²) >= 11 is 0. The second-order valence-corrected chi connectivity index (χ2v) is 6.50. The average Bonchev–Trinajstić information content (AvgIpc) is 2.83. The van der Waals surface area contributed by atoms with Crippen LogP contribution in [0.3, 0.4) is 0 Å². The molecule has 7 heteroatoms. The SMILES string of the molecule is Cc1nc2c(c(NCCN3CCCOC3=O)n1)Cc1ccccc1OC2. The van der Waals surface area contributed by atoms with E-state index in [1.165, 1.54) is 0 Å². The molecule has 0 atom stereocenters. The lowest BCUT2D eigenvalue weighted by atomic mass is 10.0. The Bertz CT molecular complexity index is 824. The topological polar surface area (TPSA) is 76.6 Å². The van der Waals surface area contributed by atoms with Crippen molar-refractivity contribution >= 4 is 11.9 Å². The molecule has 0 saturated carbocycles. The van der Waals surface area contributed by atoms with Crippen LogP contribution in [0.4, 0.5) is 10.6 Å². The molecule has 136 valence electrons. The number of rotatable bonds is 4. The molecule has 0 radical (unpaired) electrons. The minimum atomic E-state index is -0.238. The van der Waals surface area contributed by atoms with E-state index < -0.39 is 0 Å². The highest BCUT2D eigenvalue weighted by Gasteiger charge is 2.21. The van der Waals surface area contributed by atoms with Gasteiger partial charge in [-0.15, -0.1) is 0 Å². The molecule has 0 bridgehead atoms. The van der Waals surface area contributed by atoms with E-state index in [4.69, 9.17) is 9.47 Å². The molecule has 2 aliphatic heterocycles. The predicted molar refractivity (Wildman–Crippen MR) is 96.4 cm³/mol. The Balaban J connectivity index is 1.52. The second-order valence-electron chi connectivity index (χ2n) is 6.50. The van der Waals surface area contributed by atoms with Crippen molar-refractivity contribution in [1.29, 1.82) is 0 Å². The highest BCUT2D eigenvalue weighted by molar-refractivity contribution is 5.68. The molecule has 1 saturated heterocycles. The molecule has 1 aromatic heterocycles. The van der Waals surface area contributed by atoms with Gasteiger partial charge in [-0.1, -0.05) is 18.2 Å². The Morgan fingerprint density at radius 2 is 2.12 bits per heavy atom. The van der Waals surface area contributed by atoms with Crippen molar-refractivity contribution in [3.8, 4) is 5.75 Å². The van der Waals surface area contributed by atoms with E-state index in [0.717, 1.165) is 47.8 Å². The van der Waals surface area contributed by atoms with Crippen LogP contribution >= 0.6 is 0 Å². The van der Waals surface area contributed by atoms with E-state index in [2.05, 4.69) is 21.4 Å². The van der Waals surface area contributed by atoms with Gasteiger partial charge in [-0.3, -0.25) is 0 Å². The number of hydrogen-bond donors (Lipinski definition) is 1. The van der Waals surface area contributed by atoms with Crippen LogP contribution in [0.2, 0.25) is 0 Å². The van der Waals surface area contributed by atoms with Crippen LogP contribution in [0.25, 0.3) is 0 Å². The number of carbonyl (C=O) groups is 1. The monoisotopic (exact) mass is 354 g/mol. The van der Waals surface area contributed by atoms with Crippen LogP contribution in [0.15, 0.2) is 24.3 Å². The molecule has 1 fully saturated rings. The molecule has 7 nitrogen and oxygen atoms in total. The molecular weight excluding hydrogens is 332 g/mol. The maximum atomic E-state index is 11.7. The first-order valence-electron chi connectivity index (χ1n) is 8.93. The number of ether oxygens (including phenoxy) is 2. The van der Waals surface area contributed by atoms with Crippen LogP contribution in [-0.2, 0) is 17.8 Å². The molecule has 1 aromatic carbocycles. The van der Waals surface area contributed by atoms with Gasteiger partial charge < -0.3 is 19.7 Å². The highest BCUT2D eigenvalue weighted by atomic mass is 16.6. The van der Waals surface area contributed by atoms with Crippen LogP contribution in [0, 0.1) is 6.92 Å². The van der Waals surface area contributed by atoms with Crippen molar-refractivity contribution in [2.24, 2.45) is 0 Å².